The number of aliphatic hydroxyl groups is 1. The topological polar surface area (TPSA) is 102 Å². The van der Waals surface area contributed by atoms with Gasteiger partial charge in [0, 0.05) is 24.3 Å². The molecule has 0 aliphatic carbocycles. The summed E-state index contributed by atoms with van der Waals surface area (Å²) in [5.74, 6) is 0.777. The van der Waals surface area contributed by atoms with Crippen LogP contribution in [0.4, 0.5) is 5.82 Å². The van der Waals surface area contributed by atoms with Crippen LogP contribution in [0.25, 0.3) is 16.9 Å². The Bertz CT molecular complexity index is 1190. The van der Waals surface area contributed by atoms with E-state index in [1.54, 1.807) is 12.1 Å². The molecule has 1 amide bonds. The van der Waals surface area contributed by atoms with Crippen molar-refractivity contribution in [1.29, 1.82) is 0 Å². The average molecular weight is 403 g/mol. The number of nitrogens with one attached hydrogen (secondary N) is 1. The van der Waals surface area contributed by atoms with E-state index in [1.807, 2.05) is 49.4 Å². The van der Waals surface area contributed by atoms with Gasteiger partial charge in [0.25, 0.3) is 5.91 Å². The normalized spacial score (nSPS) is 10.9. The molecule has 0 saturated heterocycles. The number of anilines is 1. The van der Waals surface area contributed by atoms with Crippen LogP contribution in [0.3, 0.4) is 0 Å². The molecular formula is C22H21N5O3. The van der Waals surface area contributed by atoms with E-state index in [-0.39, 0.29) is 12.5 Å². The lowest BCUT2D eigenvalue weighted by molar-refractivity contribution is 0.102. The number of aliphatic hydroxyl groups excluding tert-OH is 1. The van der Waals surface area contributed by atoms with E-state index in [4.69, 9.17) is 9.84 Å². The van der Waals surface area contributed by atoms with E-state index >= 15 is 0 Å². The monoisotopic (exact) mass is 403 g/mol. The first-order valence-corrected chi connectivity index (χ1v) is 9.58. The van der Waals surface area contributed by atoms with Gasteiger partial charge in [-0.25, -0.2) is 14.5 Å². The lowest BCUT2D eigenvalue weighted by atomic mass is 10.1. The second-order valence-corrected chi connectivity index (χ2v) is 6.67. The number of pyridine rings is 1. The highest BCUT2D eigenvalue weighted by Crippen LogP contribution is 2.28. The molecule has 152 valence electrons. The Hall–Kier alpha value is -3.78. The van der Waals surface area contributed by atoms with Gasteiger partial charge in [0.15, 0.2) is 11.3 Å². The summed E-state index contributed by atoms with van der Waals surface area (Å²) in [7, 11) is 0. The number of para-hydroxylation sites is 1. The van der Waals surface area contributed by atoms with Crippen LogP contribution >= 0.6 is 0 Å². The average Bonchev–Trinajstić information content (AvgIpc) is 3.18. The third-order valence-electron chi connectivity index (χ3n) is 4.45. The fourth-order valence-electron chi connectivity index (χ4n) is 3.02. The molecule has 0 bridgehead atoms. The molecule has 4 rings (SSSR count). The maximum absolute atomic E-state index is 12.8. The van der Waals surface area contributed by atoms with Crippen LogP contribution in [0.5, 0.6) is 5.75 Å². The standard InChI is InChI=1S/C22H21N5O3/c1-15-6-4-9-20(24-15)25-22(29)18-14-23-21-11-10-17(26-27(18)21)16-7-2-3-8-19(16)30-13-5-12-28/h2-4,6-11,14,28H,5,12-13H2,1H3,(H,24,25,29). The van der Waals surface area contributed by atoms with Crippen molar-refractivity contribution in [3.05, 3.63) is 72.2 Å². The van der Waals surface area contributed by atoms with E-state index in [1.165, 1.54) is 10.7 Å². The molecule has 0 spiro atoms. The van der Waals surface area contributed by atoms with Crippen molar-refractivity contribution in [2.24, 2.45) is 0 Å². The zero-order valence-electron chi connectivity index (χ0n) is 16.4. The molecule has 0 aliphatic rings. The Balaban J connectivity index is 1.66. The number of hydrogen-bond acceptors (Lipinski definition) is 6. The fourth-order valence-corrected chi connectivity index (χ4v) is 3.02. The number of amides is 1. The zero-order valence-corrected chi connectivity index (χ0v) is 16.4. The van der Waals surface area contributed by atoms with Crippen molar-refractivity contribution < 1.29 is 14.6 Å². The quantitative estimate of drug-likeness (QED) is 0.460. The Morgan fingerprint density at radius 1 is 1.13 bits per heavy atom. The van der Waals surface area contributed by atoms with E-state index in [0.717, 1.165) is 11.3 Å². The van der Waals surface area contributed by atoms with E-state index < -0.39 is 0 Å². The lowest BCUT2D eigenvalue weighted by Gasteiger charge is -2.11. The van der Waals surface area contributed by atoms with Crippen LogP contribution in [-0.2, 0) is 0 Å². The second kappa shape index (κ2) is 8.71. The predicted molar refractivity (Wildman–Crippen MR) is 113 cm³/mol. The van der Waals surface area contributed by atoms with Crippen LogP contribution in [0.2, 0.25) is 0 Å². The van der Waals surface area contributed by atoms with Crippen molar-refractivity contribution in [3.63, 3.8) is 0 Å². The molecule has 2 N–H and O–H groups in total. The van der Waals surface area contributed by atoms with Gasteiger partial charge in [0.05, 0.1) is 18.5 Å². The fraction of sp³-hybridized carbons (Fsp3) is 0.182. The van der Waals surface area contributed by atoms with Crippen molar-refractivity contribution >= 4 is 17.4 Å². The van der Waals surface area contributed by atoms with Gasteiger partial charge in [-0.05, 0) is 43.3 Å². The summed E-state index contributed by atoms with van der Waals surface area (Å²) < 4.78 is 7.29. The molecule has 0 fully saturated rings. The van der Waals surface area contributed by atoms with Crippen molar-refractivity contribution in [2.45, 2.75) is 13.3 Å². The van der Waals surface area contributed by atoms with E-state index in [9.17, 15) is 4.79 Å². The number of carbonyl (C=O) groups is 1. The zero-order chi connectivity index (χ0) is 20.9. The Labute approximate surface area is 173 Å². The molecule has 3 heterocycles. The summed E-state index contributed by atoms with van der Waals surface area (Å²) >= 11 is 0. The van der Waals surface area contributed by atoms with Gasteiger partial charge in [0.2, 0.25) is 0 Å². The number of imidazole rings is 1. The number of carbonyl (C=O) groups excluding carboxylic acids is 1. The van der Waals surface area contributed by atoms with Crippen molar-refractivity contribution in [3.8, 4) is 17.0 Å². The van der Waals surface area contributed by atoms with Gasteiger partial charge >= 0.3 is 0 Å². The molecule has 30 heavy (non-hydrogen) atoms. The number of rotatable bonds is 7. The molecule has 8 nitrogen and oxygen atoms in total. The molecule has 8 heteroatoms. The number of fused-ring (bicyclic) bond motifs is 1. The minimum Gasteiger partial charge on any atom is -0.493 e. The van der Waals surface area contributed by atoms with Crippen LogP contribution < -0.4 is 10.1 Å². The Morgan fingerprint density at radius 2 is 2.00 bits per heavy atom. The maximum atomic E-state index is 12.8. The van der Waals surface area contributed by atoms with Crippen molar-refractivity contribution in [2.75, 3.05) is 18.5 Å². The molecule has 0 radical (unpaired) electrons. The summed E-state index contributed by atoms with van der Waals surface area (Å²) in [4.78, 5) is 21.4. The van der Waals surface area contributed by atoms with Gasteiger partial charge < -0.3 is 15.2 Å². The van der Waals surface area contributed by atoms with Crippen LogP contribution in [0.1, 0.15) is 22.6 Å². The summed E-state index contributed by atoms with van der Waals surface area (Å²) in [5, 5.41) is 16.4. The minimum absolute atomic E-state index is 0.0652. The van der Waals surface area contributed by atoms with Gasteiger partial charge in [0.1, 0.15) is 11.6 Å². The minimum atomic E-state index is -0.349. The van der Waals surface area contributed by atoms with Gasteiger partial charge in [-0.15, -0.1) is 0 Å². The van der Waals surface area contributed by atoms with E-state index in [2.05, 4.69) is 20.4 Å². The molecule has 4 aromatic rings. The van der Waals surface area contributed by atoms with Gasteiger partial charge in [-0.2, -0.15) is 5.10 Å². The van der Waals surface area contributed by atoms with Crippen LogP contribution in [0.15, 0.2) is 60.8 Å². The molecular weight excluding hydrogens is 382 g/mol. The first kappa shape index (κ1) is 19.5. The first-order chi connectivity index (χ1) is 14.7. The molecule has 0 atom stereocenters. The number of hydrogen-bond donors (Lipinski definition) is 2. The lowest BCUT2D eigenvalue weighted by Crippen LogP contribution is -2.16. The number of ether oxygens (including phenoxy) is 1. The largest absolute Gasteiger partial charge is 0.493 e. The molecule has 0 saturated carbocycles. The Kier molecular flexibility index (Phi) is 5.67. The third-order valence-corrected chi connectivity index (χ3v) is 4.45. The van der Waals surface area contributed by atoms with Gasteiger partial charge in [-0.3, -0.25) is 4.79 Å². The smallest absolute Gasteiger partial charge is 0.277 e. The van der Waals surface area contributed by atoms with Gasteiger partial charge in [-0.1, -0.05) is 18.2 Å². The highest BCUT2D eigenvalue weighted by atomic mass is 16.5. The molecule has 0 aliphatic heterocycles. The SMILES string of the molecule is Cc1cccc(NC(=O)c2cnc3ccc(-c4ccccc4OCCCO)nn23)n1. The van der Waals surface area contributed by atoms with Crippen LogP contribution in [0, 0.1) is 6.92 Å². The number of aromatic nitrogens is 4. The highest BCUT2D eigenvalue weighted by molar-refractivity contribution is 6.02. The summed E-state index contributed by atoms with van der Waals surface area (Å²) in [6.45, 7) is 2.32. The highest BCUT2D eigenvalue weighted by Gasteiger charge is 2.16. The van der Waals surface area contributed by atoms with E-state index in [0.29, 0.717) is 41.6 Å². The van der Waals surface area contributed by atoms with Crippen molar-refractivity contribution in [1.82, 2.24) is 19.6 Å². The Morgan fingerprint density at radius 3 is 2.83 bits per heavy atom. The summed E-state index contributed by atoms with van der Waals surface area (Å²) in [6, 6.07) is 16.6. The number of nitrogens with zero attached hydrogens (tertiary/aromatic N) is 4. The number of benzene rings is 1. The predicted octanol–water partition coefficient (Wildman–Crippen LogP) is 3.11. The summed E-state index contributed by atoms with van der Waals surface area (Å²) in [6.07, 6.45) is 2.03. The first-order valence-electron chi connectivity index (χ1n) is 9.58. The third kappa shape index (κ3) is 4.13. The molecule has 0 unspecified atom stereocenters. The second-order valence-electron chi connectivity index (χ2n) is 6.67. The summed E-state index contributed by atoms with van der Waals surface area (Å²) in [5.41, 5.74) is 3.10. The van der Waals surface area contributed by atoms with Crippen LogP contribution in [-0.4, -0.2) is 43.8 Å². The maximum Gasteiger partial charge on any atom is 0.277 e. The molecule has 3 aromatic heterocycles. The number of aryl methyl sites for hydroxylation is 1. The molecule has 1 aromatic carbocycles.